The lowest BCUT2D eigenvalue weighted by atomic mass is 11.8. The first-order chi connectivity index (χ1) is 4.52. The lowest BCUT2D eigenvalue weighted by Crippen LogP contribution is -2.22. The Morgan fingerprint density at radius 3 is 1.40 bits per heavy atom. The smallest absolute Gasteiger partial charge is 0.257 e. The van der Waals surface area contributed by atoms with Crippen LogP contribution in [-0.2, 0) is 33.5 Å². The second-order valence-corrected chi connectivity index (χ2v) is 6.88. The van der Waals surface area contributed by atoms with Crippen LogP contribution in [0.3, 0.4) is 0 Å². The Labute approximate surface area is 70.1 Å². The molecule has 0 rings (SSSR count). The topological polar surface area (TPSA) is 69.2 Å². The van der Waals surface area contributed by atoms with E-state index in [1.807, 2.05) is 0 Å². The van der Waals surface area contributed by atoms with E-state index in [1.165, 1.54) is 12.5 Å². The molecule has 0 aliphatic heterocycles. The first-order valence-corrected chi connectivity index (χ1v) is 7.41. The fourth-order valence-corrected chi connectivity index (χ4v) is 4.25. The van der Waals surface area contributed by atoms with Gasteiger partial charge in [0.1, 0.15) is 0 Å². The van der Waals surface area contributed by atoms with Crippen LogP contribution in [0.1, 0.15) is 0 Å². The van der Waals surface area contributed by atoms with Crippen molar-refractivity contribution in [2.24, 2.45) is 0 Å². The minimum absolute atomic E-state index is 0.138. The molecule has 0 bridgehead atoms. The molecule has 0 spiro atoms. The fourth-order valence-electron chi connectivity index (χ4n) is 0.404. The molecule has 0 saturated heterocycles. The molecule has 0 saturated carbocycles. The van der Waals surface area contributed by atoms with E-state index in [0.29, 0.717) is 0 Å². The first kappa shape index (κ1) is 10.9. The molecule has 0 aliphatic rings. The van der Waals surface area contributed by atoms with Crippen molar-refractivity contribution in [3.8, 4) is 0 Å². The van der Waals surface area contributed by atoms with Gasteiger partial charge >= 0.3 is 0 Å². The van der Waals surface area contributed by atoms with Crippen molar-refractivity contribution < 1.29 is 13.7 Å². The van der Waals surface area contributed by atoms with Gasteiger partial charge in [0.15, 0.2) is 0 Å². The van der Waals surface area contributed by atoms with Gasteiger partial charge in [-0.3, -0.25) is 0 Å². The standard InChI is InChI=1S/C4H10O3S3/c1-8(5)3-10(7)4-9(2)6/h3-4H2,1-2H3. The Balaban J connectivity index is 3.34. The Bertz CT molecular complexity index is 77.8. The van der Waals surface area contributed by atoms with Gasteiger partial charge in [0, 0.05) is 11.2 Å². The van der Waals surface area contributed by atoms with Gasteiger partial charge in [-0.2, -0.15) is 0 Å². The molecule has 0 aromatic rings. The summed E-state index contributed by atoms with van der Waals surface area (Å²) in [5.41, 5.74) is 0. The molecule has 0 heterocycles. The average Bonchev–Trinajstić information content (AvgIpc) is 1.58. The maximum absolute atomic E-state index is 10.8. The molecular weight excluding hydrogens is 192 g/mol. The lowest BCUT2D eigenvalue weighted by Gasteiger charge is -2.11. The zero-order chi connectivity index (χ0) is 8.15. The molecule has 0 fully saturated rings. The van der Waals surface area contributed by atoms with Crippen LogP contribution >= 0.6 is 0 Å². The third-order valence-corrected chi connectivity index (χ3v) is 5.35. The predicted octanol–water partition coefficient (Wildman–Crippen LogP) is -0.593. The van der Waals surface area contributed by atoms with Crippen molar-refractivity contribution in [3.63, 3.8) is 0 Å². The minimum Gasteiger partial charge on any atom is -0.613 e. The van der Waals surface area contributed by atoms with Crippen molar-refractivity contribution in [2.75, 3.05) is 22.7 Å². The minimum atomic E-state index is -1.18. The SMILES string of the molecule is C[S+]([O-])C[S+]([O-])C[S+](C)[O-]. The Morgan fingerprint density at radius 2 is 1.20 bits per heavy atom. The monoisotopic (exact) mass is 202 g/mol. The molecule has 3 nitrogen and oxygen atoms in total. The molecule has 0 aromatic heterocycles. The van der Waals surface area contributed by atoms with E-state index in [4.69, 9.17) is 0 Å². The summed E-state index contributed by atoms with van der Waals surface area (Å²) >= 11 is -3.27. The molecule has 6 heteroatoms. The van der Waals surface area contributed by atoms with E-state index >= 15 is 0 Å². The van der Waals surface area contributed by atoms with Gasteiger partial charge in [0.05, 0.1) is 12.5 Å². The summed E-state index contributed by atoms with van der Waals surface area (Å²) in [5.74, 6) is 0. The van der Waals surface area contributed by atoms with E-state index in [-0.39, 0.29) is 10.2 Å². The normalized spacial score (nSPS) is 20.1. The number of hydrogen-bond acceptors (Lipinski definition) is 3. The number of rotatable bonds is 4. The summed E-state index contributed by atoms with van der Waals surface area (Å²) < 4.78 is 31.7. The van der Waals surface area contributed by atoms with Crippen molar-refractivity contribution in [2.45, 2.75) is 0 Å². The molecule has 0 amide bonds. The van der Waals surface area contributed by atoms with E-state index in [0.717, 1.165) is 0 Å². The quantitative estimate of drug-likeness (QED) is 0.572. The third-order valence-electron chi connectivity index (χ3n) is 0.595. The summed E-state index contributed by atoms with van der Waals surface area (Å²) in [6, 6.07) is 0. The van der Waals surface area contributed by atoms with Crippen molar-refractivity contribution >= 4 is 33.5 Å². The van der Waals surface area contributed by atoms with Gasteiger partial charge in [0.25, 0.3) is 10.2 Å². The Kier molecular flexibility index (Phi) is 6.08. The maximum atomic E-state index is 10.8. The summed E-state index contributed by atoms with van der Waals surface area (Å²) in [6.07, 6.45) is 2.97. The summed E-state index contributed by atoms with van der Waals surface area (Å²) in [7, 11) is 0. The molecule has 0 aliphatic carbocycles. The van der Waals surface area contributed by atoms with Crippen LogP contribution in [0.15, 0.2) is 0 Å². The van der Waals surface area contributed by atoms with Gasteiger partial charge in [-0.25, -0.2) is 0 Å². The highest BCUT2D eigenvalue weighted by atomic mass is 32.3. The zero-order valence-corrected chi connectivity index (χ0v) is 8.31. The number of hydrogen-bond donors (Lipinski definition) is 0. The summed E-state index contributed by atoms with van der Waals surface area (Å²) in [5, 5.41) is 0.277. The first-order valence-electron chi connectivity index (χ1n) is 2.47. The van der Waals surface area contributed by atoms with Crippen LogP contribution in [0.2, 0.25) is 0 Å². The lowest BCUT2D eigenvalue weighted by molar-refractivity contribution is 0.587. The maximum Gasteiger partial charge on any atom is 0.257 e. The third kappa shape index (κ3) is 7.04. The van der Waals surface area contributed by atoms with Crippen LogP contribution in [0.5, 0.6) is 0 Å². The summed E-state index contributed by atoms with van der Waals surface area (Å²) in [4.78, 5) is 0. The largest absolute Gasteiger partial charge is 0.613 e. The molecule has 62 valence electrons. The van der Waals surface area contributed by atoms with Gasteiger partial charge in [-0.05, 0) is 22.4 Å². The molecule has 0 N–H and O–H groups in total. The fraction of sp³-hybridized carbons (Fsp3) is 1.00. The van der Waals surface area contributed by atoms with Crippen LogP contribution in [0.4, 0.5) is 0 Å². The molecule has 0 aromatic carbocycles. The highest BCUT2D eigenvalue weighted by molar-refractivity contribution is 8.14. The van der Waals surface area contributed by atoms with E-state index < -0.39 is 33.5 Å². The molecule has 10 heavy (non-hydrogen) atoms. The van der Waals surface area contributed by atoms with E-state index in [9.17, 15) is 13.7 Å². The van der Waals surface area contributed by atoms with Gasteiger partial charge in [-0.1, -0.05) is 0 Å². The molecular formula is C4H10O3S3. The highest BCUT2D eigenvalue weighted by Gasteiger charge is 2.16. The van der Waals surface area contributed by atoms with Crippen molar-refractivity contribution in [1.29, 1.82) is 0 Å². The second kappa shape index (κ2) is 5.56. The van der Waals surface area contributed by atoms with Gasteiger partial charge in [-0.15, -0.1) is 0 Å². The van der Waals surface area contributed by atoms with E-state index in [2.05, 4.69) is 0 Å². The molecule has 2 unspecified atom stereocenters. The predicted molar refractivity (Wildman–Crippen MR) is 46.0 cm³/mol. The average molecular weight is 202 g/mol. The van der Waals surface area contributed by atoms with Gasteiger partial charge < -0.3 is 13.7 Å². The van der Waals surface area contributed by atoms with Crippen molar-refractivity contribution in [1.82, 2.24) is 0 Å². The highest BCUT2D eigenvalue weighted by Crippen LogP contribution is 1.99. The zero-order valence-electron chi connectivity index (χ0n) is 5.86. The summed E-state index contributed by atoms with van der Waals surface area (Å²) in [6.45, 7) is 0. The Morgan fingerprint density at radius 1 is 0.900 bits per heavy atom. The van der Waals surface area contributed by atoms with Crippen LogP contribution in [0.25, 0.3) is 0 Å². The molecule has 2 atom stereocenters. The van der Waals surface area contributed by atoms with Crippen molar-refractivity contribution in [3.05, 3.63) is 0 Å². The van der Waals surface area contributed by atoms with Crippen LogP contribution < -0.4 is 0 Å². The Hall–Kier alpha value is 0.930. The van der Waals surface area contributed by atoms with Gasteiger partial charge in [0.2, 0.25) is 0 Å². The molecule has 0 radical (unpaired) electrons. The second-order valence-electron chi connectivity index (χ2n) is 1.82. The van der Waals surface area contributed by atoms with Crippen LogP contribution in [0, 0.1) is 0 Å². The van der Waals surface area contributed by atoms with Crippen LogP contribution in [-0.4, -0.2) is 36.3 Å². The van der Waals surface area contributed by atoms with E-state index in [1.54, 1.807) is 0 Å².